The van der Waals surface area contributed by atoms with Gasteiger partial charge in [-0.1, -0.05) is 12.2 Å². The highest BCUT2D eigenvalue weighted by molar-refractivity contribution is 7.81. The van der Waals surface area contributed by atoms with Crippen LogP contribution in [0.25, 0.3) is 0 Å². The smallest absolute Gasteiger partial charge is 0.254 e. The second-order valence-electron chi connectivity index (χ2n) is 6.83. The Kier molecular flexibility index (Phi) is 12.9. The Morgan fingerprint density at radius 2 is 1.19 bits per heavy atom. The van der Waals surface area contributed by atoms with Crippen LogP contribution in [0.2, 0.25) is 0 Å². The molecule has 0 aromatic carbocycles. The molecule has 2 aliphatic heterocycles. The van der Waals surface area contributed by atoms with Crippen molar-refractivity contribution in [2.45, 2.75) is 25.9 Å². The molecule has 0 saturated carbocycles. The summed E-state index contributed by atoms with van der Waals surface area (Å²) < 4.78 is 66.7. The molecule has 0 aliphatic carbocycles. The lowest BCUT2D eigenvalue weighted by molar-refractivity contribution is -0.487. The minimum Gasteiger partial charge on any atom is -0.726 e. The third-order valence-electron chi connectivity index (χ3n) is 4.86. The van der Waals surface area contributed by atoms with Gasteiger partial charge in [0.2, 0.25) is 27.0 Å². The first-order chi connectivity index (χ1) is 14.7. The van der Waals surface area contributed by atoms with Crippen molar-refractivity contribution in [1.29, 1.82) is 0 Å². The summed E-state index contributed by atoms with van der Waals surface area (Å²) in [7, 11) is -2.86. The van der Waals surface area contributed by atoms with Crippen molar-refractivity contribution in [3.8, 4) is 0 Å². The summed E-state index contributed by atoms with van der Waals surface area (Å²) in [5.74, 6) is 2.78. The van der Waals surface area contributed by atoms with Crippen LogP contribution in [0.3, 0.4) is 0 Å². The first-order valence-electron chi connectivity index (χ1n) is 9.64. The van der Waals surface area contributed by atoms with Gasteiger partial charge in [0.1, 0.15) is 26.2 Å². The lowest BCUT2D eigenvalue weighted by atomic mass is 10.2. The fourth-order valence-corrected chi connectivity index (χ4v) is 3.25. The van der Waals surface area contributed by atoms with Gasteiger partial charge in [0.25, 0.3) is 11.7 Å². The summed E-state index contributed by atoms with van der Waals surface area (Å²) in [5, 5.41) is 0. The number of hydrogen-bond donors (Lipinski definition) is 0. The molecule has 2 aliphatic rings. The van der Waals surface area contributed by atoms with Crippen molar-refractivity contribution in [3.05, 3.63) is 25.3 Å². The van der Waals surface area contributed by atoms with Crippen molar-refractivity contribution < 1.29 is 43.5 Å². The molecule has 2 heterocycles. The molecular weight excluding hydrogens is 464 g/mol. The van der Waals surface area contributed by atoms with E-state index in [0.29, 0.717) is 6.17 Å². The highest BCUT2D eigenvalue weighted by Gasteiger charge is 2.42. The van der Waals surface area contributed by atoms with E-state index in [1.807, 2.05) is 12.2 Å². The summed E-state index contributed by atoms with van der Waals surface area (Å²) in [6.45, 7) is 14.5. The Labute approximate surface area is 191 Å². The lowest BCUT2D eigenvalue weighted by Gasteiger charge is -2.25. The summed E-state index contributed by atoms with van der Waals surface area (Å²) in [6.07, 6.45) is 6.29. The molecule has 12 nitrogen and oxygen atoms in total. The van der Waals surface area contributed by atoms with Crippen molar-refractivity contribution >= 4 is 32.5 Å². The molecule has 14 heteroatoms. The van der Waals surface area contributed by atoms with Crippen molar-refractivity contribution in [1.82, 2.24) is 9.80 Å². The Bertz CT molecular complexity index is 839. The van der Waals surface area contributed by atoms with Crippen molar-refractivity contribution in [3.63, 3.8) is 0 Å². The van der Waals surface area contributed by atoms with Crippen LogP contribution in [-0.4, -0.2) is 117 Å². The van der Waals surface area contributed by atoms with E-state index in [9.17, 15) is 25.9 Å². The third-order valence-corrected chi connectivity index (χ3v) is 5.68. The Hall–Kier alpha value is -1.84. The molecule has 32 heavy (non-hydrogen) atoms. The second kappa shape index (κ2) is 13.6. The number of nitrogens with zero attached hydrogens (tertiary/aromatic N) is 4. The van der Waals surface area contributed by atoms with Crippen molar-refractivity contribution in [2.24, 2.45) is 0 Å². The van der Waals surface area contributed by atoms with E-state index < -0.39 is 20.8 Å². The molecule has 0 aromatic heterocycles. The minimum atomic E-state index is -4.41. The number of likely N-dealkylation sites (N-methyl/N-ethyl adjacent to an activating group) is 2. The maximum atomic E-state index is 9.22. The number of rotatable bonds is 8. The summed E-state index contributed by atoms with van der Waals surface area (Å²) in [6, 6.07) is 0. The molecule has 0 saturated heterocycles. The van der Waals surface area contributed by atoms with Crippen LogP contribution < -0.4 is 0 Å². The molecular formula is C18H34N4O8S2. The van der Waals surface area contributed by atoms with Crippen LogP contribution in [0.5, 0.6) is 0 Å². The lowest BCUT2D eigenvalue weighted by Crippen LogP contribution is -2.50. The zero-order chi connectivity index (χ0) is 25.1. The van der Waals surface area contributed by atoms with E-state index in [4.69, 9.17) is 0 Å². The van der Waals surface area contributed by atoms with Gasteiger partial charge in [0, 0.05) is 6.92 Å². The standard InChI is InChI=1S/C16H28N4.2CH4O4S/c1-6-8-15-17(4)10-12-19(15)14(3)20-13-11-18(5)16(20)9-7-2;2*1-5-6(2,3)4/h6-7,14H,1-2,8-13H2,3-5H3;2*1H3,(H,2,3,4)/q+2;;/p-2. The zero-order valence-electron chi connectivity index (χ0n) is 19.3. The SMILES string of the molecule is C=CCC1=[N+](C)CCN1C(C)N1CC[N+](C)=C1CC=C.COS(=O)(=O)[O-].COS(=O)(=O)[O-]. The number of amidine groups is 2. The van der Waals surface area contributed by atoms with E-state index in [1.54, 1.807) is 0 Å². The molecule has 0 aromatic rings. The van der Waals surface area contributed by atoms with Gasteiger partial charge in [-0.25, -0.2) is 26.6 Å². The second-order valence-corrected chi connectivity index (χ2v) is 9.13. The minimum absolute atomic E-state index is 0.398. The molecule has 0 radical (unpaired) electrons. The molecule has 0 atom stereocenters. The summed E-state index contributed by atoms with van der Waals surface area (Å²) in [5.41, 5.74) is 0. The van der Waals surface area contributed by atoms with Crippen LogP contribution in [0.15, 0.2) is 25.3 Å². The average Bonchev–Trinajstić information content (AvgIpc) is 3.25. The van der Waals surface area contributed by atoms with Gasteiger partial charge in [-0.2, -0.15) is 0 Å². The van der Waals surface area contributed by atoms with Crippen LogP contribution in [0.4, 0.5) is 0 Å². The quantitative estimate of drug-likeness (QED) is 0.184. The van der Waals surface area contributed by atoms with Crippen LogP contribution >= 0.6 is 0 Å². The third kappa shape index (κ3) is 10.7. The first-order valence-corrected chi connectivity index (χ1v) is 12.3. The highest BCUT2D eigenvalue weighted by Crippen LogP contribution is 2.17. The fourth-order valence-electron chi connectivity index (χ4n) is 3.25. The fraction of sp³-hybridized carbons (Fsp3) is 0.667. The molecule has 186 valence electrons. The Morgan fingerprint density at radius 1 is 0.906 bits per heavy atom. The molecule has 0 bridgehead atoms. The predicted octanol–water partition coefficient (Wildman–Crippen LogP) is -0.617. The van der Waals surface area contributed by atoms with E-state index in [0.717, 1.165) is 53.2 Å². The van der Waals surface area contributed by atoms with Gasteiger partial charge in [-0.3, -0.25) is 17.5 Å². The van der Waals surface area contributed by atoms with Crippen LogP contribution in [0.1, 0.15) is 19.8 Å². The maximum Gasteiger partial charge on any atom is 0.254 e. The summed E-state index contributed by atoms with van der Waals surface area (Å²) in [4.78, 5) is 5.04. The van der Waals surface area contributed by atoms with Crippen LogP contribution in [0, 0.1) is 0 Å². The topological polar surface area (TPSA) is 145 Å². The van der Waals surface area contributed by atoms with Gasteiger partial charge in [-0.05, 0) is 0 Å². The molecule has 0 N–H and O–H groups in total. The summed E-state index contributed by atoms with van der Waals surface area (Å²) >= 11 is 0. The van der Waals surface area contributed by atoms with Gasteiger partial charge >= 0.3 is 0 Å². The molecule has 0 unspecified atom stereocenters. The Balaban J connectivity index is 0.000000662. The van der Waals surface area contributed by atoms with E-state index >= 15 is 0 Å². The molecule has 2 rings (SSSR count). The van der Waals surface area contributed by atoms with Gasteiger partial charge < -0.3 is 9.11 Å². The number of hydrogen-bond acceptors (Lipinski definition) is 10. The monoisotopic (exact) mass is 498 g/mol. The van der Waals surface area contributed by atoms with Crippen molar-refractivity contribution in [2.75, 3.05) is 54.5 Å². The average molecular weight is 499 g/mol. The van der Waals surface area contributed by atoms with Crippen LogP contribution in [-0.2, 0) is 29.2 Å². The van der Waals surface area contributed by atoms with Gasteiger partial charge in [0.15, 0.2) is 0 Å². The first kappa shape index (κ1) is 30.2. The largest absolute Gasteiger partial charge is 0.726 e. The molecule has 0 spiro atoms. The Morgan fingerprint density at radius 3 is 1.41 bits per heavy atom. The molecule has 0 fully saturated rings. The maximum absolute atomic E-state index is 9.22. The van der Waals surface area contributed by atoms with E-state index in [-0.39, 0.29) is 0 Å². The van der Waals surface area contributed by atoms with E-state index in [2.05, 4.69) is 61.5 Å². The highest BCUT2D eigenvalue weighted by atomic mass is 32.3. The zero-order valence-corrected chi connectivity index (χ0v) is 20.9. The van der Waals surface area contributed by atoms with E-state index in [1.165, 1.54) is 11.7 Å². The van der Waals surface area contributed by atoms with Gasteiger partial charge in [0.05, 0.1) is 41.2 Å². The normalized spacial score (nSPS) is 16.6. The molecule has 0 amide bonds. The predicted molar refractivity (Wildman–Crippen MR) is 118 cm³/mol. The van der Waals surface area contributed by atoms with Gasteiger partial charge in [-0.15, -0.1) is 13.2 Å².